The van der Waals surface area contributed by atoms with Gasteiger partial charge in [0.05, 0.1) is 36.6 Å². The first kappa shape index (κ1) is 50.0. The number of hydrogen-bond donors (Lipinski definition) is 0. The Morgan fingerprint density at radius 2 is 1.02 bits per heavy atom. The van der Waals surface area contributed by atoms with Crippen LogP contribution >= 0.6 is 0 Å². The fourth-order valence-electron chi connectivity index (χ4n) is 9.00. The lowest BCUT2D eigenvalue weighted by Crippen LogP contribution is -2.41. The van der Waals surface area contributed by atoms with E-state index in [0.717, 1.165) is 76.2 Å². The fraction of sp³-hybridized carbons (Fsp3) is 0.935. The van der Waals surface area contributed by atoms with Gasteiger partial charge in [-0.3, -0.25) is 0 Å². The second kappa shape index (κ2) is 25.4. The van der Waals surface area contributed by atoms with Crippen LogP contribution in [0, 0.1) is 0 Å². The van der Waals surface area contributed by atoms with Crippen molar-refractivity contribution < 1.29 is 32.3 Å². The van der Waals surface area contributed by atoms with Crippen LogP contribution in [-0.4, -0.2) is 79.8 Å². The summed E-state index contributed by atoms with van der Waals surface area (Å²) >= 11 is 0. The van der Waals surface area contributed by atoms with E-state index >= 15 is 0 Å². The molecule has 0 aromatic heterocycles. The van der Waals surface area contributed by atoms with Gasteiger partial charge in [0, 0.05) is 11.7 Å². The molecule has 8 atom stereocenters. The Labute approximate surface area is 349 Å². The normalized spacial score (nSPS) is 25.1. The highest BCUT2D eigenvalue weighted by Crippen LogP contribution is 2.37. The van der Waals surface area contributed by atoms with Crippen molar-refractivity contribution in [1.29, 1.82) is 0 Å². The number of carbonyl (C=O) groups excluding carboxylic acids is 1. The lowest BCUT2D eigenvalue weighted by atomic mass is 9.99. The zero-order valence-electron chi connectivity index (χ0n) is 38.5. The first-order valence-corrected chi connectivity index (χ1v) is 33.9. The molecule has 56 heavy (non-hydrogen) atoms. The van der Waals surface area contributed by atoms with Gasteiger partial charge in [0.25, 0.3) is 0 Å². The van der Waals surface area contributed by atoms with E-state index in [2.05, 4.69) is 65.8 Å². The van der Waals surface area contributed by atoms with Crippen LogP contribution in [0.2, 0.25) is 58.9 Å². The summed E-state index contributed by atoms with van der Waals surface area (Å²) in [6.07, 6.45) is 31.9. The number of rotatable bonds is 31. The molecule has 328 valence electrons. The van der Waals surface area contributed by atoms with E-state index in [1.807, 2.05) is 13.0 Å². The third-order valence-electron chi connectivity index (χ3n) is 11.5. The first-order valence-electron chi connectivity index (χ1n) is 23.7. The maximum Gasteiger partial charge on any atom is 0.334 e. The topological polar surface area (TPSA) is 72.5 Å². The fourth-order valence-corrected chi connectivity index (χ4v) is 12.6. The number of esters is 1. The number of hydrogen-bond acceptors (Lipinski definition) is 7. The Morgan fingerprint density at radius 3 is 1.48 bits per heavy atom. The van der Waals surface area contributed by atoms with Gasteiger partial charge in [-0.05, 0) is 136 Å². The van der Waals surface area contributed by atoms with E-state index in [9.17, 15) is 4.79 Å². The Kier molecular flexibility index (Phi) is 22.7. The number of ether oxygens (including phenoxy) is 3. The van der Waals surface area contributed by atoms with Crippen LogP contribution in [0.25, 0.3) is 0 Å². The van der Waals surface area contributed by atoms with Gasteiger partial charge in [0.2, 0.25) is 0 Å². The third-order valence-corrected chi connectivity index (χ3v) is 14.6. The summed E-state index contributed by atoms with van der Waals surface area (Å²) in [5.74, 6) is -0.120. The van der Waals surface area contributed by atoms with Gasteiger partial charge in [-0.1, -0.05) is 96.8 Å². The molecule has 3 aliphatic rings. The van der Waals surface area contributed by atoms with Gasteiger partial charge in [0.1, 0.15) is 6.10 Å². The quantitative estimate of drug-likeness (QED) is 0.0391. The molecule has 2 fully saturated rings. The third kappa shape index (κ3) is 21.3. The molecule has 0 saturated carbocycles. The maximum absolute atomic E-state index is 11.9. The molecule has 0 aliphatic carbocycles. The molecule has 7 nitrogen and oxygen atoms in total. The highest BCUT2D eigenvalue weighted by atomic mass is 28.4. The smallest absolute Gasteiger partial charge is 0.334 e. The highest BCUT2D eigenvalue weighted by molar-refractivity contribution is 6.70. The van der Waals surface area contributed by atoms with Crippen molar-refractivity contribution in [3.05, 3.63) is 11.6 Å². The average Bonchev–Trinajstić information content (AvgIpc) is 3.85. The van der Waals surface area contributed by atoms with Crippen molar-refractivity contribution in [1.82, 2.24) is 0 Å². The summed E-state index contributed by atoms with van der Waals surface area (Å²) in [7, 11) is -5.18. The zero-order valence-corrected chi connectivity index (χ0v) is 41.5. The SMILES string of the molecule is CCCCCCCCCCCC[C@@H](O[Si](C)(C)C)[C@H]1CC[C@H]([C@H]2CC[C@H]([C@@H](CC[C@@H](CCCCCCCC3=C[C@H](C)OC3=O)O[Si](C)(C)C)O[Si](C)(C)C)O2)O1. The average molecular weight is 839 g/mol. The van der Waals surface area contributed by atoms with Crippen LogP contribution < -0.4 is 0 Å². The van der Waals surface area contributed by atoms with Crippen LogP contribution in [0.1, 0.15) is 168 Å². The van der Waals surface area contributed by atoms with E-state index in [4.69, 9.17) is 27.5 Å². The summed E-state index contributed by atoms with van der Waals surface area (Å²) in [4.78, 5) is 11.9. The van der Waals surface area contributed by atoms with Crippen LogP contribution in [-0.2, 0) is 32.3 Å². The Bertz CT molecular complexity index is 1110. The largest absolute Gasteiger partial charge is 0.455 e. The molecular weight excluding hydrogens is 749 g/mol. The molecule has 0 unspecified atom stereocenters. The molecule has 10 heteroatoms. The van der Waals surface area contributed by atoms with Crippen molar-refractivity contribution in [2.45, 2.75) is 276 Å². The minimum absolute atomic E-state index is 0.0656. The monoisotopic (exact) mass is 839 g/mol. The van der Waals surface area contributed by atoms with Crippen molar-refractivity contribution >= 4 is 30.9 Å². The van der Waals surface area contributed by atoms with Crippen LogP contribution in [0.3, 0.4) is 0 Å². The van der Waals surface area contributed by atoms with Gasteiger partial charge in [-0.25, -0.2) is 4.79 Å². The Balaban J connectivity index is 1.46. The molecule has 0 spiro atoms. The predicted molar refractivity (Wildman–Crippen MR) is 242 cm³/mol. The molecule has 0 N–H and O–H groups in total. The lowest BCUT2D eigenvalue weighted by molar-refractivity contribution is -0.139. The molecule has 2 saturated heterocycles. The second-order valence-electron chi connectivity index (χ2n) is 20.6. The van der Waals surface area contributed by atoms with Crippen molar-refractivity contribution in [2.24, 2.45) is 0 Å². The maximum atomic E-state index is 11.9. The molecule has 0 radical (unpaired) electrons. The number of carbonyl (C=O) groups is 1. The van der Waals surface area contributed by atoms with Crippen LogP contribution in [0.5, 0.6) is 0 Å². The minimum atomic E-state index is -1.79. The van der Waals surface area contributed by atoms with Crippen LogP contribution in [0.15, 0.2) is 11.6 Å². The van der Waals surface area contributed by atoms with E-state index < -0.39 is 25.0 Å². The minimum Gasteiger partial charge on any atom is -0.455 e. The lowest BCUT2D eigenvalue weighted by Gasteiger charge is -2.34. The van der Waals surface area contributed by atoms with Gasteiger partial charge < -0.3 is 27.5 Å². The number of cyclic esters (lactones) is 1. The Hall–Kier alpha value is -0.339. The van der Waals surface area contributed by atoms with Crippen molar-refractivity contribution in [2.75, 3.05) is 0 Å². The standard InChI is InChI=1S/C46H90O7Si3/c1-12-13-14-15-16-17-18-19-23-26-29-44(52-55(6,7)8)42-34-32-40(49-42)41-33-35-43(50-41)45(53-56(9,10)11)31-30-39(51-54(3,4)5)28-25-22-20-21-24-27-38-36-37(2)48-46(38)47/h36-37,39-45H,12-35H2,1-11H3/t37-,39+,40+,41+,42+,43+,44+,45+/m0/s1. The van der Waals surface area contributed by atoms with Gasteiger partial charge in [-0.2, -0.15) is 0 Å². The highest BCUT2D eigenvalue weighted by Gasteiger charge is 2.43. The first-order chi connectivity index (χ1) is 26.4. The van der Waals surface area contributed by atoms with Gasteiger partial charge in [-0.15, -0.1) is 0 Å². The Morgan fingerprint density at radius 1 is 0.571 bits per heavy atom. The van der Waals surface area contributed by atoms with Crippen molar-refractivity contribution in [3.63, 3.8) is 0 Å². The summed E-state index contributed by atoms with van der Waals surface area (Å²) in [5.41, 5.74) is 0.865. The summed E-state index contributed by atoms with van der Waals surface area (Å²) in [6.45, 7) is 25.1. The molecule has 0 amide bonds. The second-order valence-corrected chi connectivity index (χ2v) is 34.0. The summed E-state index contributed by atoms with van der Waals surface area (Å²) in [5, 5.41) is 0. The van der Waals surface area contributed by atoms with E-state index in [1.54, 1.807) is 0 Å². The molecule has 3 aliphatic heterocycles. The van der Waals surface area contributed by atoms with Gasteiger partial charge in [0.15, 0.2) is 25.0 Å². The predicted octanol–water partition coefficient (Wildman–Crippen LogP) is 13.4. The van der Waals surface area contributed by atoms with E-state index in [1.165, 1.54) is 83.5 Å². The summed E-state index contributed by atoms with van der Waals surface area (Å²) < 4.78 is 39.7. The molecule has 0 bridgehead atoms. The van der Waals surface area contributed by atoms with E-state index in [0.29, 0.717) is 0 Å². The molecule has 3 rings (SSSR count). The van der Waals surface area contributed by atoms with Gasteiger partial charge >= 0.3 is 5.97 Å². The van der Waals surface area contributed by atoms with E-state index in [-0.39, 0.29) is 54.8 Å². The van der Waals surface area contributed by atoms with Crippen molar-refractivity contribution in [3.8, 4) is 0 Å². The molecule has 3 heterocycles. The van der Waals surface area contributed by atoms with Crippen LogP contribution in [0.4, 0.5) is 0 Å². The summed E-state index contributed by atoms with van der Waals surface area (Å²) in [6, 6.07) is 0. The molecule has 0 aromatic carbocycles. The molecule has 0 aromatic rings. The number of unbranched alkanes of at least 4 members (excludes halogenated alkanes) is 13. The molecular formula is C46H90O7Si3. The zero-order chi connectivity index (χ0) is 41.2.